The third-order valence-electron chi connectivity index (χ3n) is 9.60. The standard InChI is InChI=1S/C20H28N4O2.C17H22N4O2/c1-5-15(24-10-6-7-16(19(24)25)14-8-9-14)12-23(4)20(26)18-11-17(13(2)3)21-22-18;1-11(2)14-9-15(19-18-14)17(23)20-8-6-13(10-20)21-7-4-5-12(3)16(21)22/h6-7,10-11,13-15H,5,8-9,12H2,1-4H3,(H,21,22);4-5,7,9,11,13H,6,8,10H2,1-3H3,(H,18,19). The largest absolute Gasteiger partial charge is 0.338 e. The maximum absolute atomic E-state index is 12.8. The molecule has 2 fully saturated rings. The number of aryl methyl sites for hydroxylation is 1. The van der Waals surface area contributed by atoms with Gasteiger partial charge in [-0.25, -0.2) is 0 Å². The summed E-state index contributed by atoms with van der Waals surface area (Å²) < 4.78 is 3.54. The zero-order chi connectivity index (χ0) is 35.4. The van der Waals surface area contributed by atoms with Gasteiger partial charge in [0.05, 0.1) is 12.1 Å². The highest BCUT2D eigenvalue weighted by molar-refractivity contribution is 5.93. The van der Waals surface area contributed by atoms with Crippen molar-refractivity contribution in [2.75, 3.05) is 26.7 Å². The van der Waals surface area contributed by atoms with E-state index in [9.17, 15) is 19.2 Å². The number of aromatic amines is 2. The first-order valence-electron chi connectivity index (χ1n) is 17.4. The van der Waals surface area contributed by atoms with Crippen LogP contribution < -0.4 is 11.1 Å². The topological polar surface area (TPSA) is 142 Å². The molecule has 0 radical (unpaired) electrons. The number of likely N-dealkylation sites (N-methyl/N-ethyl adjacent to an activating group) is 1. The lowest BCUT2D eigenvalue weighted by atomic mass is 10.1. The Kier molecular flexibility index (Phi) is 11.0. The Morgan fingerprint density at radius 1 is 0.918 bits per heavy atom. The minimum absolute atomic E-state index is 0.0219. The maximum Gasteiger partial charge on any atom is 0.274 e. The quantitative estimate of drug-likeness (QED) is 0.232. The summed E-state index contributed by atoms with van der Waals surface area (Å²) in [6, 6.07) is 11.2. The molecule has 2 N–H and O–H groups in total. The van der Waals surface area contributed by atoms with E-state index in [0.717, 1.165) is 48.2 Å². The highest BCUT2D eigenvalue weighted by Crippen LogP contribution is 2.38. The van der Waals surface area contributed by atoms with Gasteiger partial charge in [0.15, 0.2) is 0 Å². The van der Waals surface area contributed by atoms with Crippen molar-refractivity contribution >= 4 is 11.8 Å². The number of H-pyrrole nitrogens is 2. The Morgan fingerprint density at radius 2 is 1.55 bits per heavy atom. The van der Waals surface area contributed by atoms with E-state index in [1.807, 2.05) is 56.4 Å². The molecular formula is C37H50N8O4. The van der Waals surface area contributed by atoms with Gasteiger partial charge in [0.2, 0.25) is 0 Å². The summed E-state index contributed by atoms with van der Waals surface area (Å²) >= 11 is 0. The molecule has 1 saturated carbocycles. The molecule has 2 atom stereocenters. The van der Waals surface area contributed by atoms with Gasteiger partial charge in [-0.2, -0.15) is 10.2 Å². The van der Waals surface area contributed by atoms with Crippen molar-refractivity contribution in [3.8, 4) is 0 Å². The first kappa shape index (κ1) is 35.6. The van der Waals surface area contributed by atoms with E-state index in [-0.39, 0.29) is 35.0 Å². The predicted octanol–water partition coefficient (Wildman–Crippen LogP) is 5.39. The number of amides is 2. The maximum atomic E-state index is 12.8. The minimum Gasteiger partial charge on any atom is -0.338 e. The number of nitrogens with zero attached hydrogens (tertiary/aromatic N) is 6. The molecule has 0 aromatic carbocycles. The summed E-state index contributed by atoms with van der Waals surface area (Å²) in [5, 5.41) is 14.1. The second kappa shape index (κ2) is 15.2. The number of pyridine rings is 2. The van der Waals surface area contributed by atoms with Crippen LogP contribution in [0, 0.1) is 6.92 Å². The lowest BCUT2D eigenvalue weighted by Gasteiger charge is -2.25. The third-order valence-corrected chi connectivity index (χ3v) is 9.60. The first-order chi connectivity index (χ1) is 23.4. The molecule has 6 rings (SSSR count). The summed E-state index contributed by atoms with van der Waals surface area (Å²) in [7, 11) is 1.77. The van der Waals surface area contributed by atoms with E-state index in [2.05, 4.69) is 48.1 Å². The SMILES string of the molecule is CCC(CN(C)C(=O)c1cc(C(C)C)[nH]n1)n1cccc(C2CC2)c1=O.Cc1cccn(C2CCN(C(=O)c3cc(C(C)C)[nH]n3)C2)c1=O. The fraction of sp³-hybridized carbons (Fsp3) is 0.514. The van der Waals surface area contributed by atoms with Gasteiger partial charge in [-0.1, -0.05) is 46.8 Å². The van der Waals surface area contributed by atoms with Crippen molar-refractivity contribution in [1.29, 1.82) is 0 Å². The van der Waals surface area contributed by atoms with Gasteiger partial charge in [0, 0.05) is 61.6 Å². The average molecular weight is 671 g/mol. The molecule has 1 saturated heterocycles. The minimum atomic E-state index is -0.127. The normalized spacial score (nSPS) is 16.5. The molecule has 1 aliphatic heterocycles. The van der Waals surface area contributed by atoms with Crippen molar-refractivity contribution < 1.29 is 9.59 Å². The Morgan fingerprint density at radius 3 is 2.16 bits per heavy atom. The van der Waals surface area contributed by atoms with Crippen molar-refractivity contribution in [3.05, 3.63) is 103 Å². The molecule has 262 valence electrons. The summed E-state index contributed by atoms with van der Waals surface area (Å²) in [5.74, 6) is 0.822. The van der Waals surface area contributed by atoms with Gasteiger partial charge in [0.25, 0.3) is 22.9 Å². The van der Waals surface area contributed by atoms with E-state index in [0.29, 0.717) is 48.8 Å². The molecule has 2 aliphatic rings. The van der Waals surface area contributed by atoms with Crippen molar-refractivity contribution in [3.63, 3.8) is 0 Å². The molecule has 1 aliphatic carbocycles. The number of carbonyl (C=O) groups is 2. The van der Waals surface area contributed by atoms with Crippen molar-refractivity contribution in [2.24, 2.45) is 0 Å². The van der Waals surface area contributed by atoms with Crippen LogP contribution >= 0.6 is 0 Å². The van der Waals surface area contributed by atoms with Crippen LogP contribution in [-0.2, 0) is 0 Å². The molecule has 12 nitrogen and oxygen atoms in total. The number of hydrogen-bond donors (Lipinski definition) is 2. The summed E-state index contributed by atoms with van der Waals surface area (Å²) in [5.41, 5.74) is 4.52. The number of carbonyl (C=O) groups excluding carboxylic acids is 2. The van der Waals surface area contributed by atoms with Crippen LogP contribution in [0.1, 0.15) is 134 Å². The molecule has 2 amide bonds. The van der Waals surface area contributed by atoms with E-state index in [4.69, 9.17) is 0 Å². The molecule has 5 heterocycles. The van der Waals surface area contributed by atoms with E-state index >= 15 is 0 Å². The van der Waals surface area contributed by atoms with Gasteiger partial charge >= 0.3 is 0 Å². The van der Waals surface area contributed by atoms with E-state index < -0.39 is 0 Å². The lowest BCUT2D eigenvalue weighted by Crippen LogP contribution is -2.37. The number of rotatable bonds is 10. The monoisotopic (exact) mass is 670 g/mol. The van der Waals surface area contributed by atoms with Crippen LogP contribution in [0.3, 0.4) is 0 Å². The van der Waals surface area contributed by atoms with Crippen molar-refractivity contribution in [2.45, 2.75) is 97.1 Å². The van der Waals surface area contributed by atoms with Crippen LogP contribution in [0.5, 0.6) is 0 Å². The van der Waals surface area contributed by atoms with Crippen LogP contribution in [0.15, 0.2) is 58.4 Å². The summed E-state index contributed by atoms with van der Waals surface area (Å²) in [6.45, 7) is 13.7. The van der Waals surface area contributed by atoms with Gasteiger partial charge in [-0.15, -0.1) is 0 Å². The third kappa shape index (κ3) is 8.12. The van der Waals surface area contributed by atoms with Crippen LogP contribution in [0.4, 0.5) is 0 Å². The Hall–Kier alpha value is -4.74. The highest BCUT2D eigenvalue weighted by atomic mass is 16.2. The smallest absolute Gasteiger partial charge is 0.274 e. The fourth-order valence-corrected chi connectivity index (χ4v) is 6.24. The van der Waals surface area contributed by atoms with E-state index in [1.54, 1.807) is 32.2 Å². The molecular weight excluding hydrogens is 620 g/mol. The average Bonchev–Trinajstić information content (AvgIpc) is 3.46. The van der Waals surface area contributed by atoms with Gasteiger partial charge in [-0.3, -0.25) is 29.4 Å². The van der Waals surface area contributed by atoms with E-state index in [1.165, 1.54) is 0 Å². The second-order valence-corrected chi connectivity index (χ2v) is 14.0. The number of likely N-dealkylation sites (tertiary alicyclic amines) is 1. The molecule has 0 bridgehead atoms. The molecule has 4 aromatic heterocycles. The molecule has 49 heavy (non-hydrogen) atoms. The zero-order valence-electron chi connectivity index (χ0n) is 29.8. The zero-order valence-corrected chi connectivity index (χ0v) is 29.8. The molecule has 4 aromatic rings. The van der Waals surface area contributed by atoms with Gasteiger partial charge < -0.3 is 18.9 Å². The molecule has 0 spiro atoms. The number of hydrogen-bond acceptors (Lipinski definition) is 6. The van der Waals surface area contributed by atoms with Gasteiger partial charge in [-0.05, 0) is 74.6 Å². The number of nitrogens with one attached hydrogen (secondary N) is 2. The number of aromatic nitrogens is 6. The van der Waals surface area contributed by atoms with Crippen molar-refractivity contribution in [1.82, 2.24) is 39.3 Å². The Labute approximate surface area is 287 Å². The molecule has 12 heteroatoms. The first-order valence-corrected chi connectivity index (χ1v) is 17.4. The lowest BCUT2D eigenvalue weighted by molar-refractivity contribution is 0.0763. The predicted molar refractivity (Wildman–Crippen MR) is 189 cm³/mol. The summed E-state index contributed by atoms with van der Waals surface area (Å²) in [4.78, 5) is 53.7. The van der Waals surface area contributed by atoms with Gasteiger partial charge in [0.1, 0.15) is 11.4 Å². The fourth-order valence-electron chi connectivity index (χ4n) is 6.24. The Balaban J connectivity index is 0.000000192. The van der Waals surface area contributed by atoms with Crippen LogP contribution in [0.2, 0.25) is 0 Å². The Bertz CT molecular complexity index is 1880. The molecule has 2 unspecified atom stereocenters. The highest BCUT2D eigenvalue weighted by Gasteiger charge is 2.30. The second-order valence-electron chi connectivity index (χ2n) is 14.0. The summed E-state index contributed by atoms with van der Waals surface area (Å²) in [6.07, 6.45) is 7.42. The van der Waals surface area contributed by atoms with Crippen LogP contribution in [-0.4, -0.2) is 77.8 Å². The van der Waals surface area contributed by atoms with Crippen LogP contribution in [0.25, 0.3) is 0 Å².